The lowest BCUT2D eigenvalue weighted by molar-refractivity contribution is 0.0977. The van der Waals surface area contributed by atoms with Crippen LogP contribution in [-0.2, 0) is 0 Å². The Morgan fingerprint density at radius 3 is 2.55 bits per heavy atom. The number of hydrogen-bond donors (Lipinski definition) is 2. The first-order valence-corrected chi connectivity index (χ1v) is 10.1. The second-order valence-electron chi connectivity index (χ2n) is 6.65. The summed E-state index contributed by atoms with van der Waals surface area (Å²) in [5.41, 5.74) is 4.38. The van der Waals surface area contributed by atoms with Gasteiger partial charge in [-0.2, -0.15) is 9.61 Å². The average Bonchev–Trinajstić information content (AvgIpc) is 3.26. The maximum absolute atomic E-state index is 12.4. The molecular weight excluding hydrogens is 404 g/mol. The van der Waals surface area contributed by atoms with Gasteiger partial charge < -0.3 is 5.32 Å². The van der Waals surface area contributed by atoms with Crippen LogP contribution in [0.1, 0.15) is 27.3 Å². The molecule has 0 spiro atoms. The summed E-state index contributed by atoms with van der Waals surface area (Å²) in [6.45, 7) is 5.81. The maximum atomic E-state index is 12.4. The van der Waals surface area contributed by atoms with Crippen LogP contribution in [0.2, 0.25) is 0 Å². The Labute approximate surface area is 176 Å². The molecule has 2 heterocycles. The van der Waals surface area contributed by atoms with Gasteiger partial charge >= 0.3 is 0 Å². The summed E-state index contributed by atoms with van der Waals surface area (Å²) < 4.78 is 1.72. The van der Waals surface area contributed by atoms with Crippen LogP contribution < -0.4 is 10.6 Å². The highest BCUT2D eigenvalue weighted by molar-refractivity contribution is 7.80. The second-order valence-corrected chi connectivity index (χ2v) is 8.02. The third-order valence-corrected chi connectivity index (χ3v) is 5.57. The predicted molar refractivity (Wildman–Crippen MR) is 118 cm³/mol. The van der Waals surface area contributed by atoms with Gasteiger partial charge in [0.1, 0.15) is 5.01 Å². The summed E-state index contributed by atoms with van der Waals surface area (Å²) in [6, 6.07) is 13.3. The number of aromatic nitrogens is 4. The number of carbonyl (C=O) groups is 1. The largest absolute Gasteiger partial charge is 0.332 e. The molecule has 0 aliphatic rings. The predicted octanol–water partition coefficient (Wildman–Crippen LogP) is 3.90. The Bertz CT molecular complexity index is 1230. The topological polar surface area (TPSA) is 84.2 Å². The number of thiocarbonyl (C=S) groups is 1. The number of fused-ring (bicyclic) bond motifs is 1. The quantitative estimate of drug-likeness (QED) is 0.487. The normalized spacial score (nSPS) is 10.9. The van der Waals surface area contributed by atoms with Crippen LogP contribution in [0.3, 0.4) is 0 Å². The van der Waals surface area contributed by atoms with Gasteiger partial charge in [-0.3, -0.25) is 10.1 Å². The Kier molecular flexibility index (Phi) is 5.08. The van der Waals surface area contributed by atoms with Crippen molar-refractivity contribution in [2.75, 3.05) is 5.32 Å². The summed E-state index contributed by atoms with van der Waals surface area (Å²) in [7, 11) is 0. The van der Waals surface area contributed by atoms with Crippen molar-refractivity contribution in [2.24, 2.45) is 0 Å². The Balaban J connectivity index is 1.52. The number of nitrogens with one attached hydrogen (secondary N) is 2. The highest BCUT2D eigenvalue weighted by Gasteiger charge is 2.13. The Morgan fingerprint density at radius 1 is 1.07 bits per heavy atom. The highest BCUT2D eigenvalue weighted by Crippen LogP contribution is 2.29. The number of anilines is 1. The fraction of sp³-hybridized carbons (Fsp3) is 0.150. The summed E-state index contributed by atoms with van der Waals surface area (Å²) >= 11 is 6.80. The van der Waals surface area contributed by atoms with E-state index < -0.39 is 0 Å². The lowest BCUT2D eigenvalue weighted by Crippen LogP contribution is -2.34. The molecule has 2 aromatic heterocycles. The van der Waals surface area contributed by atoms with E-state index in [1.807, 2.05) is 51.1 Å². The smallest absolute Gasteiger partial charge is 0.257 e. The van der Waals surface area contributed by atoms with Crippen LogP contribution in [0.15, 0.2) is 42.5 Å². The monoisotopic (exact) mass is 422 g/mol. The molecule has 0 atom stereocenters. The number of nitrogens with zero attached hydrogens (tertiary/aromatic N) is 4. The van der Waals surface area contributed by atoms with Gasteiger partial charge in [0.05, 0.1) is 0 Å². The van der Waals surface area contributed by atoms with Gasteiger partial charge in [0.15, 0.2) is 10.9 Å². The summed E-state index contributed by atoms with van der Waals surface area (Å²) in [6.07, 6.45) is 0. The number of rotatable bonds is 3. The van der Waals surface area contributed by atoms with Crippen molar-refractivity contribution in [2.45, 2.75) is 20.8 Å². The number of benzene rings is 2. The Hall–Kier alpha value is -3.17. The standard InChI is InChI=1S/C20H18N6OS2/c1-11-4-7-14(8-5-11)17(27)22-19(28)21-16-10-15(9-6-12(16)2)18-25-26-13(3)23-24-20(26)29-18/h4-10H,1-3H3,(H2,21,22,27,28). The molecule has 0 aliphatic carbocycles. The van der Waals surface area contributed by atoms with Crippen LogP contribution in [-0.4, -0.2) is 30.8 Å². The van der Waals surface area contributed by atoms with Gasteiger partial charge in [-0.1, -0.05) is 41.2 Å². The molecule has 0 saturated carbocycles. The number of amides is 1. The van der Waals surface area contributed by atoms with E-state index in [2.05, 4.69) is 25.9 Å². The molecule has 0 aliphatic heterocycles. The van der Waals surface area contributed by atoms with Crippen LogP contribution >= 0.6 is 23.6 Å². The minimum Gasteiger partial charge on any atom is -0.332 e. The van der Waals surface area contributed by atoms with Crippen LogP contribution in [0.5, 0.6) is 0 Å². The maximum Gasteiger partial charge on any atom is 0.257 e. The molecule has 4 rings (SSSR count). The Morgan fingerprint density at radius 2 is 1.83 bits per heavy atom. The molecule has 146 valence electrons. The minimum atomic E-state index is -0.250. The first-order valence-electron chi connectivity index (χ1n) is 8.89. The van der Waals surface area contributed by atoms with Gasteiger partial charge in [0, 0.05) is 16.8 Å². The number of carbonyl (C=O) groups excluding carboxylic acids is 1. The minimum absolute atomic E-state index is 0.241. The van der Waals surface area contributed by atoms with Crippen molar-refractivity contribution in [3.05, 3.63) is 65.0 Å². The molecule has 0 unspecified atom stereocenters. The first-order chi connectivity index (χ1) is 13.9. The summed E-state index contributed by atoms with van der Waals surface area (Å²) in [5.74, 6) is 0.494. The molecule has 0 fully saturated rings. The molecule has 4 aromatic rings. The van der Waals surface area contributed by atoms with E-state index in [9.17, 15) is 4.79 Å². The van der Waals surface area contributed by atoms with E-state index >= 15 is 0 Å². The van der Waals surface area contributed by atoms with E-state index in [0.717, 1.165) is 38.2 Å². The van der Waals surface area contributed by atoms with Crippen molar-refractivity contribution in [3.8, 4) is 10.6 Å². The average molecular weight is 423 g/mol. The van der Waals surface area contributed by atoms with Gasteiger partial charge in [-0.05, 0) is 56.8 Å². The zero-order valence-electron chi connectivity index (χ0n) is 16.1. The van der Waals surface area contributed by atoms with E-state index in [1.54, 1.807) is 16.6 Å². The number of hydrogen-bond acceptors (Lipinski definition) is 6. The lowest BCUT2D eigenvalue weighted by Gasteiger charge is -2.13. The summed E-state index contributed by atoms with van der Waals surface area (Å²) in [5, 5.41) is 19.6. The van der Waals surface area contributed by atoms with E-state index in [4.69, 9.17) is 12.2 Å². The van der Waals surface area contributed by atoms with E-state index in [1.165, 1.54) is 11.3 Å². The van der Waals surface area contributed by atoms with Gasteiger partial charge in [0.25, 0.3) is 5.91 Å². The molecular formula is C20H18N6OS2. The SMILES string of the molecule is Cc1ccc(C(=O)NC(=S)Nc2cc(-c3nn4c(C)nnc4s3)ccc2C)cc1. The molecule has 7 nitrogen and oxygen atoms in total. The first kappa shape index (κ1) is 19.2. The molecule has 2 N–H and O–H groups in total. The van der Waals surface area contributed by atoms with Crippen LogP contribution in [0.25, 0.3) is 15.5 Å². The molecule has 29 heavy (non-hydrogen) atoms. The zero-order valence-corrected chi connectivity index (χ0v) is 17.7. The van der Waals surface area contributed by atoms with Crippen molar-refractivity contribution >= 4 is 45.2 Å². The number of aryl methyl sites for hydroxylation is 3. The fourth-order valence-corrected chi connectivity index (χ4v) is 3.84. The molecule has 0 saturated heterocycles. The molecule has 2 aromatic carbocycles. The van der Waals surface area contributed by atoms with Gasteiger partial charge in [0.2, 0.25) is 4.96 Å². The highest BCUT2D eigenvalue weighted by atomic mass is 32.1. The van der Waals surface area contributed by atoms with Gasteiger partial charge in [-0.25, -0.2) is 0 Å². The third-order valence-electron chi connectivity index (χ3n) is 4.42. The van der Waals surface area contributed by atoms with Crippen molar-refractivity contribution in [1.82, 2.24) is 25.1 Å². The fourth-order valence-electron chi connectivity index (χ4n) is 2.75. The van der Waals surface area contributed by atoms with Crippen LogP contribution in [0, 0.1) is 20.8 Å². The third kappa shape index (κ3) is 4.01. The van der Waals surface area contributed by atoms with Crippen LogP contribution in [0.4, 0.5) is 5.69 Å². The molecule has 0 radical (unpaired) electrons. The van der Waals surface area contributed by atoms with Gasteiger partial charge in [-0.15, -0.1) is 10.2 Å². The molecule has 1 amide bonds. The van der Waals surface area contributed by atoms with Crippen molar-refractivity contribution < 1.29 is 4.79 Å². The molecule has 0 bridgehead atoms. The van der Waals surface area contributed by atoms with E-state index in [-0.39, 0.29) is 11.0 Å². The van der Waals surface area contributed by atoms with E-state index in [0.29, 0.717) is 5.56 Å². The lowest BCUT2D eigenvalue weighted by atomic mass is 10.1. The zero-order chi connectivity index (χ0) is 20.5. The second kappa shape index (κ2) is 7.69. The molecule has 9 heteroatoms. The summed E-state index contributed by atoms with van der Waals surface area (Å²) in [4.78, 5) is 13.1. The van der Waals surface area contributed by atoms with Crippen molar-refractivity contribution in [3.63, 3.8) is 0 Å². The van der Waals surface area contributed by atoms with Crippen molar-refractivity contribution in [1.29, 1.82) is 0 Å².